The highest BCUT2D eigenvalue weighted by Crippen LogP contribution is 2.29. The fraction of sp³-hybridized carbons (Fsp3) is 0.300. The molecule has 0 saturated carbocycles. The van der Waals surface area contributed by atoms with Crippen molar-refractivity contribution in [3.63, 3.8) is 0 Å². The molecule has 27 heavy (non-hydrogen) atoms. The number of anilines is 3. The van der Waals surface area contributed by atoms with Gasteiger partial charge in [0.15, 0.2) is 0 Å². The van der Waals surface area contributed by atoms with Crippen LogP contribution in [0.3, 0.4) is 0 Å². The standard InChI is InChI=1S/C20H21Cl2N5/c1-27-10-4-5-14(12-27)24-20-25-18-7-3-2-6-15(18)19(26-20)23-13-8-9-16(21)17(22)11-13/h2-3,6-9,11,14H,4-5,10,12H2,1H3,(H2,23,24,25,26). The number of halogens is 2. The van der Waals surface area contributed by atoms with Crippen molar-refractivity contribution in [1.82, 2.24) is 14.9 Å². The zero-order chi connectivity index (χ0) is 18.8. The Kier molecular flexibility index (Phi) is 5.34. The minimum absolute atomic E-state index is 0.350. The molecule has 1 fully saturated rings. The second-order valence-electron chi connectivity index (χ2n) is 6.91. The molecule has 1 aromatic heterocycles. The fourth-order valence-corrected chi connectivity index (χ4v) is 3.71. The molecule has 0 aliphatic carbocycles. The molecule has 3 aromatic rings. The van der Waals surface area contributed by atoms with Gasteiger partial charge in [0.25, 0.3) is 0 Å². The van der Waals surface area contributed by atoms with Crippen LogP contribution in [0.1, 0.15) is 12.8 Å². The Balaban J connectivity index is 1.66. The lowest BCUT2D eigenvalue weighted by molar-refractivity contribution is 0.260. The molecule has 1 aliphatic heterocycles. The van der Waals surface area contributed by atoms with Gasteiger partial charge in [-0.3, -0.25) is 0 Å². The third-order valence-electron chi connectivity index (χ3n) is 4.74. The van der Waals surface area contributed by atoms with Gasteiger partial charge < -0.3 is 15.5 Å². The smallest absolute Gasteiger partial charge is 0.225 e. The molecule has 0 radical (unpaired) electrons. The highest BCUT2D eigenvalue weighted by Gasteiger charge is 2.18. The molecule has 140 valence electrons. The van der Waals surface area contributed by atoms with E-state index in [0.29, 0.717) is 22.0 Å². The number of likely N-dealkylation sites (tertiary alicyclic amines) is 1. The Morgan fingerprint density at radius 3 is 2.74 bits per heavy atom. The third kappa shape index (κ3) is 4.26. The van der Waals surface area contributed by atoms with Gasteiger partial charge >= 0.3 is 0 Å². The minimum Gasteiger partial charge on any atom is -0.350 e. The van der Waals surface area contributed by atoms with Crippen molar-refractivity contribution in [2.24, 2.45) is 0 Å². The third-order valence-corrected chi connectivity index (χ3v) is 5.48. The molecule has 1 atom stereocenters. The maximum Gasteiger partial charge on any atom is 0.225 e. The molecule has 1 saturated heterocycles. The number of rotatable bonds is 4. The first-order valence-corrected chi connectivity index (χ1v) is 9.78. The van der Waals surface area contributed by atoms with Gasteiger partial charge in [-0.1, -0.05) is 35.3 Å². The van der Waals surface area contributed by atoms with Gasteiger partial charge in [-0.05, 0) is 56.8 Å². The quantitative estimate of drug-likeness (QED) is 0.629. The molecule has 7 heteroatoms. The van der Waals surface area contributed by atoms with E-state index in [1.165, 1.54) is 6.42 Å². The molecule has 2 heterocycles. The first kappa shape index (κ1) is 18.3. The van der Waals surface area contributed by atoms with Crippen LogP contribution in [0.5, 0.6) is 0 Å². The van der Waals surface area contributed by atoms with Crippen LogP contribution in [0.4, 0.5) is 17.5 Å². The predicted octanol–water partition coefficient (Wildman–Crippen LogP) is 5.19. The first-order chi connectivity index (χ1) is 13.1. The van der Waals surface area contributed by atoms with Crippen molar-refractivity contribution in [2.45, 2.75) is 18.9 Å². The number of hydrogen-bond acceptors (Lipinski definition) is 5. The summed E-state index contributed by atoms with van der Waals surface area (Å²) in [6.45, 7) is 2.13. The van der Waals surface area contributed by atoms with Crippen LogP contribution in [0, 0.1) is 0 Å². The van der Waals surface area contributed by atoms with Gasteiger partial charge in [-0.15, -0.1) is 0 Å². The fourth-order valence-electron chi connectivity index (χ4n) is 3.41. The first-order valence-electron chi connectivity index (χ1n) is 9.02. The number of nitrogens with zero attached hydrogens (tertiary/aromatic N) is 3. The van der Waals surface area contributed by atoms with Crippen molar-refractivity contribution >= 4 is 51.6 Å². The summed E-state index contributed by atoms with van der Waals surface area (Å²) in [6.07, 6.45) is 2.30. The molecule has 0 bridgehead atoms. The van der Waals surface area contributed by atoms with E-state index in [2.05, 4.69) is 22.6 Å². The summed E-state index contributed by atoms with van der Waals surface area (Å²) < 4.78 is 0. The molecule has 1 aliphatic rings. The predicted molar refractivity (Wildman–Crippen MR) is 113 cm³/mol. The van der Waals surface area contributed by atoms with E-state index in [1.54, 1.807) is 12.1 Å². The zero-order valence-electron chi connectivity index (χ0n) is 15.0. The number of hydrogen-bond donors (Lipinski definition) is 2. The normalized spacial score (nSPS) is 17.8. The maximum atomic E-state index is 6.15. The van der Waals surface area contributed by atoms with Crippen LogP contribution in [-0.2, 0) is 0 Å². The van der Waals surface area contributed by atoms with Crippen LogP contribution in [0.2, 0.25) is 10.0 Å². The summed E-state index contributed by atoms with van der Waals surface area (Å²) in [6, 6.07) is 13.8. The summed E-state index contributed by atoms with van der Waals surface area (Å²) in [5, 5.41) is 8.84. The van der Waals surface area contributed by atoms with Gasteiger partial charge in [-0.25, -0.2) is 4.98 Å². The molecule has 4 rings (SSSR count). The van der Waals surface area contributed by atoms with Crippen molar-refractivity contribution in [1.29, 1.82) is 0 Å². The Labute approximate surface area is 168 Å². The Morgan fingerprint density at radius 1 is 1.07 bits per heavy atom. The van der Waals surface area contributed by atoms with E-state index in [4.69, 9.17) is 33.2 Å². The molecule has 0 spiro atoms. The number of nitrogens with one attached hydrogen (secondary N) is 2. The highest BCUT2D eigenvalue weighted by atomic mass is 35.5. The topological polar surface area (TPSA) is 53.1 Å². The molecule has 2 aromatic carbocycles. The molecule has 1 unspecified atom stereocenters. The van der Waals surface area contributed by atoms with Crippen LogP contribution >= 0.6 is 23.2 Å². The molecular formula is C20H21Cl2N5. The van der Waals surface area contributed by atoms with E-state index in [1.807, 2.05) is 30.3 Å². The monoisotopic (exact) mass is 401 g/mol. The van der Waals surface area contributed by atoms with Crippen molar-refractivity contribution < 1.29 is 0 Å². The van der Waals surface area contributed by atoms with E-state index >= 15 is 0 Å². The summed E-state index contributed by atoms with van der Waals surface area (Å²) in [4.78, 5) is 11.8. The molecule has 2 N–H and O–H groups in total. The lowest BCUT2D eigenvalue weighted by Crippen LogP contribution is -2.40. The van der Waals surface area contributed by atoms with Crippen LogP contribution in [0.15, 0.2) is 42.5 Å². The van der Waals surface area contributed by atoms with Crippen molar-refractivity contribution in [2.75, 3.05) is 30.8 Å². The zero-order valence-corrected chi connectivity index (χ0v) is 16.6. The summed E-state index contributed by atoms with van der Waals surface area (Å²) in [5.74, 6) is 1.38. The summed E-state index contributed by atoms with van der Waals surface area (Å²) in [7, 11) is 2.15. The average Bonchev–Trinajstić information content (AvgIpc) is 2.65. The molecule has 0 amide bonds. The van der Waals surface area contributed by atoms with Crippen molar-refractivity contribution in [3.05, 3.63) is 52.5 Å². The SMILES string of the molecule is CN1CCCC(Nc2nc(Nc3ccc(Cl)c(Cl)c3)c3ccccc3n2)C1. The number of para-hydroxylation sites is 1. The van der Waals surface area contributed by atoms with Crippen LogP contribution < -0.4 is 10.6 Å². The Hall–Kier alpha value is -2.08. The second-order valence-corrected chi connectivity index (χ2v) is 7.73. The minimum atomic E-state index is 0.350. The van der Waals surface area contributed by atoms with E-state index in [0.717, 1.165) is 41.9 Å². The molecular weight excluding hydrogens is 381 g/mol. The lowest BCUT2D eigenvalue weighted by Gasteiger charge is -2.30. The number of piperidine rings is 1. The number of benzene rings is 2. The van der Waals surface area contributed by atoms with E-state index in [9.17, 15) is 0 Å². The second kappa shape index (κ2) is 7.89. The molecule has 5 nitrogen and oxygen atoms in total. The number of fused-ring (bicyclic) bond motifs is 1. The Bertz CT molecular complexity index is 962. The van der Waals surface area contributed by atoms with E-state index in [-0.39, 0.29) is 0 Å². The van der Waals surface area contributed by atoms with Gasteiger partial charge in [0, 0.05) is 23.7 Å². The number of likely N-dealkylation sites (N-methyl/N-ethyl adjacent to an activating group) is 1. The summed E-state index contributed by atoms with van der Waals surface area (Å²) in [5.41, 5.74) is 1.72. The van der Waals surface area contributed by atoms with Gasteiger partial charge in [0.05, 0.1) is 15.6 Å². The maximum absolute atomic E-state index is 6.15. The lowest BCUT2D eigenvalue weighted by atomic mass is 10.1. The largest absolute Gasteiger partial charge is 0.350 e. The van der Waals surface area contributed by atoms with Gasteiger partial charge in [0.1, 0.15) is 5.82 Å². The van der Waals surface area contributed by atoms with Gasteiger partial charge in [-0.2, -0.15) is 4.98 Å². The Morgan fingerprint density at radius 2 is 1.93 bits per heavy atom. The van der Waals surface area contributed by atoms with E-state index < -0.39 is 0 Å². The van der Waals surface area contributed by atoms with Gasteiger partial charge in [0.2, 0.25) is 5.95 Å². The highest BCUT2D eigenvalue weighted by molar-refractivity contribution is 6.42. The van der Waals surface area contributed by atoms with Crippen molar-refractivity contribution in [3.8, 4) is 0 Å². The average molecular weight is 402 g/mol. The number of aromatic nitrogens is 2. The summed E-state index contributed by atoms with van der Waals surface area (Å²) >= 11 is 12.2. The van der Waals surface area contributed by atoms with Crippen LogP contribution in [0.25, 0.3) is 10.9 Å². The van der Waals surface area contributed by atoms with Crippen LogP contribution in [-0.4, -0.2) is 41.0 Å².